The number of hydrogen-bond donors (Lipinski definition) is 0. The van der Waals surface area contributed by atoms with E-state index < -0.39 is 0 Å². The van der Waals surface area contributed by atoms with Crippen molar-refractivity contribution < 1.29 is 0 Å². The molecule has 0 N–H and O–H groups in total. The number of para-hydroxylation sites is 6. The molecule has 146 heavy (non-hydrogen) atoms. The van der Waals surface area contributed by atoms with Crippen LogP contribution >= 0.6 is 34.0 Å². The van der Waals surface area contributed by atoms with Crippen LogP contribution in [0.3, 0.4) is 0 Å². The van der Waals surface area contributed by atoms with Gasteiger partial charge in [-0.1, -0.05) is 323 Å². The van der Waals surface area contributed by atoms with Crippen molar-refractivity contribution in [3.8, 4) is 67.8 Å². The van der Waals surface area contributed by atoms with E-state index >= 15 is 0 Å². The van der Waals surface area contributed by atoms with Crippen LogP contribution in [0.4, 0.5) is 0 Å². The first-order valence-electron chi connectivity index (χ1n) is 50.1. The highest BCUT2D eigenvalue weighted by molar-refractivity contribution is 7.27. The van der Waals surface area contributed by atoms with Gasteiger partial charge in [0.15, 0.2) is 0 Å². The SMILES string of the molecule is CC1(C)c2ccccc2-c2ccc(-n3c4cc5c(cc4c4c6sc7ccccc7c6ccc43)c3ccccc3n5-c3ccccc3)cc21.c1ccc(-c2cccc(-c3ccc4c5cc6c7c8sc9ccccc9c8ccc7n(-c7ccccc7)c6cc5n(-c5ccccc5)c4c3)n2)cc1.c1ccc(-n2c3ccccc3c3cc4c5c6sc7ccccc7c6ccc5n(-c5cc6ccccc6c6ccccc56)c4cc32)cc1. The summed E-state index contributed by atoms with van der Waals surface area (Å²) in [5, 5.41) is 28.4. The number of rotatable bonds is 8. The summed E-state index contributed by atoms with van der Waals surface area (Å²) in [6.45, 7) is 4.74. The van der Waals surface area contributed by atoms with Crippen LogP contribution in [0.25, 0.3) is 281 Å². The van der Waals surface area contributed by atoms with Gasteiger partial charge in [-0.15, -0.1) is 34.0 Å². The third kappa shape index (κ3) is 12.2. The Morgan fingerprint density at radius 1 is 0.185 bits per heavy atom. The maximum absolute atomic E-state index is 5.13. The van der Waals surface area contributed by atoms with Crippen LogP contribution in [0.15, 0.2) is 479 Å². The molecule has 0 fully saturated rings. The van der Waals surface area contributed by atoms with Crippen LogP contribution in [0.1, 0.15) is 25.0 Å². The summed E-state index contributed by atoms with van der Waals surface area (Å²) in [5.41, 5.74) is 31.2. The number of nitrogens with zero attached hydrogens (tertiary/aromatic N) is 7. The zero-order chi connectivity index (χ0) is 95.8. The molecule has 1 aliphatic rings. The molecule has 0 saturated heterocycles. The highest BCUT2D eigenvalue weighted by Gasteiger charge is 2.37. The molecule has 1 aliphatic carbocycles. The average molecular weight is 1910 g/mol. The number of aromatic nitrogens is 7. The lowest BCUT2D eigenvalue weighted by atomic mass is 9.82. The van der Waals surface area contributed by atoms with Crippen LogP contribution in [0, 0.1) is 0 Å². The molecule has 0 amide bonds. The summed E-state index contributed by atoms with van der Waals surface area (Å²) in [6.07, 6.45) is 0. The van der Waals surface area contributed by atoms with E-state index in [2.05, 4.69) is 514 Å². The molecule has 0 radical (unpaired) electrons. The number of hydrogen-bond acceptors (Lipinski definition) is 4. The van der Waals surface area contributed by atoms with E-state index in [-0.39, 0.29) is 5.41 Å². The minimum Gasteiger partial charge on any atom is -0.309 e. The smallest absolute Gasteiger partial charge is 0.0710 e. The molecular weight excluding hydrogens is 1830 g/mol. The third-order valence-corrected chi connectivity index (χ3v) is 34.9. The van der Waals surface area contributed by atoms with Crippen LogP contribution in [-0.4, -0.2) is 32.4 Å². The lowest BCUT2D eigenvalue weighted by molar-refractivity contribution is 0.660. The summed E-state index contributed by atoms with van der Waals surface area (Å²) in [4.78, 5) is 5.13. The molecule has 33 rings (SSSR count). The highest BCUT2D eigenvalue weighted by atomic mass is 32.1. The van der Waals surface area contributed by atoms with Gasteiger partial charge in [0.05, 0.1) is 83.3 Å². The van der Waals surface area contributed by atoms with Gasteiger partial charge in [0, 0.05) is 176 Å². The standard InChI is InChI=1S/C47H29N3S.C45H30N2S.C44H26N2S/c1-4-13-30(14-5-1)39-20-12-21-40(48-39)31-23-24-34-37-28-38-44(29-43(37)50(42(34)27-31)33-17-8-3-9-18-33)49(32-15-6-2-7-16-32)41-26-25-36-35-19-10-11-22-45(35)51-47(36)46(38)41;1-45(2)36-17-9-6-14-29(36)30-21-20-28(24-37(30)45)47-39-23-22-33-32-16-8-11-19-42(32)48-44(33)43(39)35-25-34-31-15-7-10-18-38(31)46(40(34)26-41(35)47)27-12-4-3-5-13-27;1-2-13-28(14-3-1)45-37-20-10-8-18-32(37)35-25-36-41(26-40(35)45)46(38-23-22-34-33-19-9-11-21-42(33)47-44(34)43(36)38)39-24-27-12-4-5-15-29(27)30-16-6-7-17-31(30)39/h1-29H;3-26H,1-2H3;1-26H. The van der Waals surface area contributed by atoms with E-state index in [1.54, 1.807) is 0 Å². The summed E-state index contributed by atoms with van der Waals surface area (Å²) in [5.74, 6) is 0. The Morgan fingerprint density at radius 3 is 1.03 bits per heavy atom. The molecule has 10 aromatic heterocycles. The van der Waals surface area contributed by atoms with Gasteiger partial charge in [0.25, 0.3) is 0 Å². The molecule has 7 nitrogen and oxygen atoms in total. The molecule has 0 spiro atoms. The Morgan fingerprint density at radius 2 is 0.534 bits per heavy atom. The summed E-state index contributed by atoms with van der Waals surface area (Å²) >= 11 is 5.73. The Hall–Kier alpha value is -18.0. The molecule has 682 valence electrons. The summed E-state index contributed by atoms with van der Waals surface area (Å²) in [6, 6.07) is 176. The van der Waals surface area contributed by atoms with Gasteiger partial charge in [-0.25, -0.2) is 4.98 Å². The second kappa shape index (κ2) is 32.0. The third-order valence-electron chi connectivity index (χ3n) is 31.3. The molecule has 0 bridgehead atoms. The van der Waals surface area contributed by atoms with Crippen LogP contribution < -0.4 is 0 Å². The molecule has 22 aromatic carbocycles. The van der Waals surface area contributed by atoms with E-state index in [0.29, 0.717) is 0 Å². The molecule has 0 aliphatic heterocycles. The first-order valence-corrected chi connectivity index (χ1v) is 52.6. The van der Waals surface area contributed by atoms with E-state index in [1.165, 1.54) is 252 Å². The number of fused-ring (bicyclic) bond motifs is 36. The lowest BCUT2D eigenvalue weighted by Gasteiger charge is -2.22. The zero-order valence-corrected chi connectivity index (χ0v) is 81.9. The first kappa shape index (κ1) is 82.7. The molecule has 10 heteroatoms. The topological polar surface area (TPSA) is 42.5 Å². The molecule has 0 atom stereocenters. The molecule has 0 saturated carbocycles. The van der Waals surface area contributed by atoms with Crippen LogP contribution in [0.2, 0.25) is 0 Å². The summed E-state index contributed by atoms with van der Waals surface area (Å²) < 4.78 is 22.8. The van der Waals surface area contributed by atoms with Crippen molar-refractivity contribution in [1.29, 1.82) is 0 Å². The van der Waals surface area contributed by atoms with E-state index in [9.17, 15) is 0 Å². The van der Waals surface area contributed by atoms with Crippen molar-refractivity contribution >= 4 is 247 Å². The van der Waals surface area contributed by atoms with Gasteiger partial charge in [-0.05, 0) is 208 Å². The Kier molecular flexibility index (Phi) is 18.1. The maximum atomic E-state index is 5.13. The Labute approximate surface area is 849 Å². The van der Waals surface area contributed by atoms with Gasteiger partial charge in [0.1, 0.15) is 0 Å². The largest absolute Gasteiger partial charge is 0.309 e. The molecule has 0 unspecified atom stereocenters. The van der Waals surface area contributed by atoms with Crippen molar-refractivity contribution in [2.24, 2.45) is 0 Å². The van der Waals surface area contributed by atoms with Crippen LogP contribution in [0.5, 0.6) is 0 Å². The summed E-state index contributed by atoms with van der Waals surface area (Å²) in [7, 11) is 0. The zero-order valence-electron chi connectivity index (χ0n) is 79.5. The van der Waals surface area contributed by atoms with E-state index in [1.807, 2.05) is 40.1 Å². The van der Waals surface area contributed by atoms with Crippen molar-refractivity contribution in [3.63, 3.8) is 0 Å². The predicted octanol–water partition coefficient (Wildman–Crippen LogP) is 38.1. The van der Waals surface area contributed by atoms with E-state index in [0.717, 1.165) is 39.4 Å². The second-order valence-electron chi connectivity index (χ2n) is 39.4. The fourth-order valence-electron chi connectivity index (χ4n) is 24.8. The van der Waals surface area contributed by atoms with Crippen LogP contribution in [-0.2, 0) is 5.41 Å². The molecular formula is C136H85N7S3. The number of benzene rings is 22. The predicted molar refractivity (Wildman–Crippen MR) is 625 cm³/mol. The van der Waals surface area contributed by atoms with Gasteiger partial charge >= 0.3 is 0 Å². The van der Waals surface area contributed by atoms with Gasteiger partial charge in [-0.3, -0.25) is 0 Å². The number of thiophene rings is 3. The normalized spacial score (nSPS) is 12.6. The van der Waals surface area contributed by atoms with Crippen molar-refractivity contribution in [2.45, 2.75) is 19.3 Å². The molecule has 32 aromatic rings. The first-order chi connectivity index (χ1) is 72.2. The van der Waals surface area contributed by atoms with Gasteiger partial charge < -0.3 is 27.4 Å². The fourth-order valence-corrected chi connectivity index (χ4v) is 28.6. The minimum absolute atomic E-state index is 0.0769. The highest BCUT2D eigenvalue weighted by Crippen LogP contribution is 2.55. The Bertz CT molecular complexity index is 11100. The minimum atomic E-state index is -0.0769. The molecule has 10 heterocycles. The van der Waals surface area contributed by atoms with Crippen molar-refractivity contribution in [1.82, 2.24) is 32.4 Å². The number of pyridine rings is 1. The van der Waals surface area contributed by atoms with Gasteiger partial charge in [-0.2, -0.15) is 0 Å². The fraction of sp³-hybridized carbons (Fsp3) is 0.0221. The van der Waals surface area contributed by atoms with Crippen molar-refractivity contribution in [2.75, 3.05) is 0 Å². The van der Waals surface area contributed by atoms with Crippen molar-refractivity contribution in [3.05, 3.63) is 490 Å². The quantitative estimate of drug-likeness (QED) is 0.140. The average Bonchev–Trinajstić information content (AvgIpc) is 1.51. The second-order valence-corrected chi connectivity index (χ2v) is 42.6. The van der Waals surface area contributed by atoms with Gasteiger partial charge in [0.2, 0.25) is 0 Å². The van der Waals surface area contributed by atoms with E-state index in [4.69, 9.17) is 4.98 Å². The Balaban J connectivity index is 0.0000000995. The maximum Gasteiger partial charge on any atom is 0.0710 e. The lowest BCUT2D eigenvalue weighted by Crippen LogP contribution is -2.15. The monoisotopic (exact) mass is 1910 g/mol.